The third kappa shape index (κ3) is 3.97. The fourth-order valence-electron chi connectivity index (χ4n) is 4.33. The lowest BCUT2D eigenvalue weighted by Gasteiger charge is -2.35. The number of anilines is 1. The Morgan fingerprint density at radius 3 is 2.74 bits per heavy atom. The van der Waals surface area contributed by atoms with Crippen molar-refractivity contribution in [3.05, 3.63) is 30.0 Å². The highest BCUT2D eigenvalue weighted by atomic mass is 19.3. The van der Waals surface area contributed by atoms with E-state index in [0.717, 1.165) is 13.0 Å². The van der Waals surface area contributed by atoms with Gasteiger partial charge in [0.15, 0.2) is 5.65 Å². The van der Waals surface area contributed by atoms with E-state index in [9.17, 15) is 19.0 Å². The molecule has 0 unspecified atom stereocenters. The highest BCUT2D eigenvalue weighted by Crippen LogP contribution is 2.31. The first-order valence-electron chi connectivity index (χ1n) is 10.3. The van der Waals surface area contributed by atoms with Gasteiger partial charge in [-0.25, -0.2) is 23.4 Å². The number of rotatable bonds is 4. The highest BCUT2D eigenvalue weighted by Gasteiger charge is 2.38. The maximum atomic E-state index is 13.5. The van der Waals surface area contributed by atoms with Crippen molar-refractivity contribution in [3.8, 4) is 11.5 Å². The maximum absolute atomic E-state index is 13.5. The number of piperidine rings is 1. The zero-order valence-electron chi connectivity index (χ0n) is 16.8. The number of fused-ring (bicyclic) bond motifs is 1. The number of alkyl halides is 2. The molecule has 1 aromatic carbocycles. The van der Waals surface area contributed by atoms with E-state index in [1.165, 1.54) is 22.9 Å². The van der Waals surface area contributed by atoms with E-state index in [0.29, 0.717) is 42.3 Å². The normalized spacial score (nSPS) is 21.7. The van der Waals surface area contributed by atoms with Crippen LogP contribution in [0, 0.1) is 0 Å². The van der Waals surface area contributed by atoms with Crippen LogP contribution in [0.15, 0.2) is 24.4 Å². The van der Waals surface area contributed by atoms with E-state index < -0.39 is 5.92 Å². The number of benzene rings is 1. The lowest BCUT2D eigenvalue weighted by atomic mass is 10.0. The number of phenolic OH excluding ortho intramolecular Hbond substituents is 2. The van der Waals surface area contributed by atoms with Crippen LogP contribution in [0.1, 0.15) is 24.8 Å². The Hall–Kier alpha value is -3.08. The monoisotopic (exact) mass is 431 g/mol. The molecule has 2 aliphatic heterocycles. The third-order valence-corrected chi connectivity index (χ3v) is 6.13. The highest BCUT2D eigenvalue weighted by molar-refractivity contribution is 5.67. The average Bonchev–Trinajstić information content (AvgIpc) is 3.38. The quantitative estimate of drug-likeness (QED) is 0.605. The van der Waals surface area contributed by atoms with Crippen LogP contribution in [0.5, 0.6) is 11.5 Å². The summed E-state index contributed by atoms with van der Waals surface area (Å²) in [6.45, 7) is 2.49. The number of nitrogens with zero attached hydrogens (tertiary/aromatic N) is 7. The van der Waals surface area contributed by atoms with Gasteiger partial charge in [-0.05, 0) is 24.6 Å². The van der Waals surface area contributed by atoms with Crippen LogP contribution in [0.4, 0.5) is 14.6 Å². The predicted molar refractivity (Wildman–Crippen MR) is 108 cm³/mol. The van der Waals surface area contributed by atoms with Crippen molar-refractivity contribution >= 4 is 17.1 Å². The molecule has 4 heterocycles. The lowest BCUT2D eigenvalue weighted by molar-refractivity contribution is -0.0614. The van der Waals surface area contributed by atoms with Gasteiger partial charge < -0.3 is 15.1 Å². The first-order valence-corrected chi connectivity index (χ1v) is 10.3. The van der Waals surface area contributed by atoms with Gasteiger partial charge in [-0.3, -0.25) is 4.90 Å². The van der Waals surface area contributed by atoms with Crippen LogP contribution < -0.4 is 4.90 Å². The molecule has 1 atom stereocenters. The summed E-state index contributed by atoms with van der Waals surface area (Å²) in [4.78, 5) is 13.3. The van der Waals surface area contributed by atoms with Gasteiger partial charge in [-0.15, -0.1) is 5.10 Å². The number of likely N-dealkylation sites (tertiary alicyclic amines) is 1. The summed E-state index contributed by atoms with van der Waals surface area (Å²) in [7, 11) is 0. The van der Waals surface area contributed by atoms with Crippen molar-refractivity contribution in [2.75, 3.05) is 31.1 Å². The van der Waals surface area contributed by atoms with Crippen molar-refractivity contribution in [2.24, 2.45) is 0 Å². The number of aromatic hydroxyl groups is 2. The smallest absolute Gasteiger partial charge is 0.250 e. The van der Waals surface area contributed by atoms with Crippen molar-refractivity contribution < 1.29 is 19.0 Å². The third-order valence-electron chi connectivity index (χ3n) is 6.13. The molecule has 0 bridgehead atoms. The molecule has 9 nitrogen and oxygen atoms in total. The molecule has 164 valence electrons. The summed E-state index contributed by atoms with van der Waals surface area (Å²) in [5.41, 5.74) is 1.35. The zero-order chi connectivity index (χ0) is 21.6. The summed E-state index contributed by atoms with van der Waals surface area (Å²) in [6.07, 6.45) is 2.38. The number of halogens is 2. The molecule has 11 heteroatoms. The van der Waals surface area contributed by atoms with Gasteiger partial charge in [0.05, 0.1) is 12.7 Å². The Kier molecular flexibility index (Phi) is 4.84. The topological polar surface area (TPSA) is 103 Å². The second kappa shape index (κ2) is 7.56. The molecule has 2 aromatic heterocycles. The second-order valence-electron chi connectivity index (χ2n) is 8.22. The summed E-state index contributed by atoms with van der Waals surface area (Å²) < 4.78 is 28.5. The van der Waals surface area contributed by atoms with Gasteiger partial charge in [-0.1, -0.05) is 5.21 Å². The molecule has 3 aromatic rings. The summed E-state index contributed by atoms with van der Waals surface area (Å²) in [5, 5.41) is 27.9. The minimum atomic E-state index is -2.54. The van der Waals surface area contributed by atoms with Crippen molar-refractivity contribution in [1.29, 1.82) is 0 Å². The minimum Gasteiger partial charge on any atom is -0.508 e. The van der Waals surface area contributed by atoms with Gasteiger partial charge in [0.1, 0.15) is 17.3 Å². The first kappa shape index (κ1) is 19.9. The molecule has 0 amide bonds. The van der Waals surface area contributed by atoms with Crippen LogP contribution in [-0.4, -0.2) is 78.2 Å². The predicted octanol–water partition coefficient (Wildman–Crippen LogP) is 1.99. The minimum absolute atomic E-state index is 0.0417. The van der Waals surface area contributed by atoms with Gasteiger partial charge >= 0.3 is 0 Å². The molecule has 31 heavy (non-hydrogen) atoms. The molecule has 0 aliphatic carbocycles. The molecule has 0 spiro atoms. The van der Waals surface area contributed by atoms with Crippen LogP contribution in [0.2, 0.25) is 0 Å². The Bertz CT molecular complexity index is 1100. The summed E-state index contributed by atoms with van der Waals surface area (Å²) in [5.74, 6) is -1.77. The fourth-order valence-corrected chi connectivity index (χ4v) is 4.33. The molecule has 2 aliphatic rings. The molecular formula is C20H23F2N7O2. The molecule has 0 radical (unpaired) electrons. The number of hydrogen-bond donors (Lipinski definition) is 2. The van der Waals surface area contributed by atoms with Gasteiger partial charge in [-0.2, -0.15) is 0 Å². The van der Waals surface area contributed by atoms with E-state index in [-0.39, 0.29) is 36.9 Å². The van der Waals surface area contributed by atoms with Crippen LogP contribution >= 0.6 is 0 Å². The fraction of sp³-hybridized carbons (Fsp3) is 0.500. The second-order valence-corrected chi connectivity index (χ2v) is 8.22. The molecular weight excluding hydrogens is 408 g/mol. The SMILES string of the molecule is Oc1ccc(O)c(Cn2nnc3ncc(N4CC[C@H](N5CCC(F)(F)CC5)C4)nc32)c1. The molecule has 2 N–H and O–H groups in total. The van der Waals surface area contributed by atoms with Gasteiger partial charge in [0, 0.05) is 50.6 Å². The Morgan fingerprint density at radius 1 is 1.13 bits per heavy atom. The number of hydrogen-bond acceptors (Lipinski definition) is 8. The van der Waals surface area contributed by atoms with E-state index in [1.807, 2.05) is 0 Å². The number of aromatic nitrogens is 5. The largest absolute Gasteiger partial charge is 0.508 e. The van der Waals surface area contributed by atoms with Crippen molar-refractivity contribution in [3.63, 3.8) is 0 Å². The molecule has 5 rings (SSSR count). The van der Waals surface area contributed by atoms with Gasteiger partial charge in [0.2, 0.25) is 5.65 Å². The Labute approximate surface area is 176 Å². The molecule has 2 fully saturated rings. The van der Waals surface area contributed by atoms with E-state index in [4.69, 9.17) is 0 Å². The van der Waals surface area contributed by atoms with Crippen LogP contribution in [-0.2, 0) is 6.54 Å². The lowest BCUT2D eigenvalue weighted by Crippen LogP contribution is -2.46. The standard InChI is InChI=1S/C20H23F2N7O2/c21-20(22)4-7-27(8-5-20)14-3-6-28(12-14)17-10-23-18-19(24-17)29(26-25-18)11-13-9-15(30)1-2-16(13)31/h1-2,9-10,14,30-31H,3-8,11-12H2/t14-/m0/s1. The zero-order valence-corrected chi connectivity index (χ0v) is 16.8. The van der Waals surface area contributed by atoms with Crippen LogP contribution in [0.25, 0.3) is 11.3 Å². The first-order chi connectivity index (χ1) is 14.9. The van der Waals surface area contributed by atoms with E-state index in [1.54, 1.807) is 6.20 Å². The average molecular weight is 431 g/mol. The van der Waals surface area contributed by atoms with Crippen molar-refractivity contribution in [1.82, 2.24) is 29.9 Å². The van der Waals surface area contributed by atoms with E-state index in [2.05, 4.69) is 30.1 Å². The maximum Gasteiger partial charge on any atom is 0.250 e. The molecule has 2 saturated heterocycles. The number of phenols is 2. The van der Waals surface area contributed by atoms with Crippen LogP contribution in [0.3, 0.4) is 0 Å². The molecule has 0 saturated carbocycles. The Morgan fingerprint density at radius 2 is 1.94 bits per heavy atom. The van der Waals surface area contributed by atoms with Gasteiger partial charge in [0.25, 0.3) is 5.92 Å². The summed E-state index contributed by atoms with van der Waals surface area (Å²) in [6, 6.07) is 4.51. The summed E-state index contributed by atoms with van der Waals surface area (Å²) >= 11 is 0. The van der Waals surface area contributed by atoms with Crippen molar-refractivity contribution in [2.45, 2.75) is 37.8 Å². The van der Waals surface area contributed by atoms with E-state index >= 15 is 0 Å². The Balaban J connectivity index is 1.33.